The smallest absolute Gasteiger partial charge is 0.329 e. The average molecular weight is 224 g/mol. The van der Waals surface area contributed by atoms with Gasteiger partial charge in [0.1, 0.15) is 0 Å². The van der Waals surface area contributed by atoms with Gasteiger partial charge in [0.05, 0.1) is 0 Å². The molecule has 0 bridgehead atoms. The van der Waals surface area contributed by atoms with Gasteiger partial charge in [0.2, 0.25) is 0 Å². The third-order valence-corrected chi connectivity index (χ3v) is 1.84. The van der Waals surface area contributed by atoms with Crippen molar-refractivity contribution in [2.75, 3.05) is 0 Å². The molecule has 0 N–H and O–H groups in total. The van der Waals surface area contributed by atoms with Crippen LogP contribution in [0.5, 0.6) is 0 Å². The molecule has 0 fully saturated rings. The van der Waals surface area contributed by atoms with E-state index in [9.17, 15) is 22.4 Å². The number of rotatable bonds is 4. The van der Waals surface area contributed by atoms with E-state index in [4.69, 9.17) is 0 Å². The molecule has 0 unspecified atom stereocenters. The molecule has 0 saturated carbocycles. The molecule has 0 aliphatic heterocycles. The van der Waals surface area contributed by atoms with E-state index < -0.39 is 24.0 Å². The molecule has 3 nitrogen and oxygen atoms in total. The number of carbonyl (C=O) groups is 1. The van der Waals surface area contributed by atoms with Crippen LogP contribution >= 0.6 is 0 Å². The molecule has 0 aliphatic rings. The summed E-state index contributed by atoms with van der Waals surface area (Å²) in [7, 11) is 0. The number of hydrogen-bond acceptors (Lipinski definition) is 2. The third-order valence-electron chi connectivity index (χ3n) is 1.84. The molecule has 0 radical (unpaired) electrons. The second-order valence-electron chi connectivity index (χ2n) is 2.79. The lowest BCUT2D eigenvalue weighted by Gasteiger charge is -2.13. The zero-order valence-corrected chi connectivity index (χ0v) is 7.75. The Morgan fingerprint density at radius 2 is 2.20 bits per heavy atom. The van der Waals surface area contributed by atoms with Crippen molar-refractivity contribution < 1.29 is 22.4 Å². The van der Waals surface area contributed by atoms with E-state index in [0.29, 0.717) is 0 Å². The van der Waals surface area contributed by atoms with Gasteiger partial charge in [-0.05, 0) is 6.92 Å². The fourth-order valence-electron chi connectivity index (χ4n) is 1.02. The van der Waals surface area contributed by atoms with E-state index >= 15 is 0 Å². The summed E-state index contributed by atoms with van der Waals surface area (Å²) in [4.78, 5) is 14.4. The molecular weight excluding hydrogens is 216 g/mol. The number of Topliss-reactive ketones (excluding diaryl/α,β-unsaturated/α-hetero) is 1. The normalized spacial score (nSPS) is 12.1. The highest BCUT2D eigenvalue weighted by molar-refractivity contribution is 5.98. The molecule has 84 valence electrons. The molecule has 0 spiro atoms. The molecule has 1 heterocycles. The summed E-state index contributed by atoms with van der Waals surface area (Å²) in [6.45, 7) is 1.79. The van der Waals surface area contributed by atoms with Crippen molar-refractivity contribution in [3.05, 3.63) is 18.2 Å². The molecule has 0 atom stereocenters. The minimum atomic E-state index is -4.68. The van der Waals surface area contributed by atoms with Gasteiger partial charge in [-0.3, -0.25) is 4.79 Å². The van der Waals surface area contributed by atoms with Gasteiger partial charge in [0.15, 0.2) is 5.82 Å². The maximum absolute atomic E-state index is 12.7. The lowest BCUT2D eigenvalue weighted by molar-refractivity contribution is -0.0964. The Balaban J connectivity index is 3.04. The number of hydrogen-bond donors (Lipinski definition) is 0. The molecule has 0 aliphatic carbocycles. The first-order valence-corrected chi connectivity index (χ1v) is 4.13. The van der Waals surface area contributed by atoms with Crippen LogP contribution in [0.3, 0.4) is 0 Å². The third kappa shape index (κ3) is 2.00. The Hall–Kier alpha value is -1.40. The summed E-state index contributed by atoms with van der Waals surface area (Å²) in [5.41, 5.74) is 0. The van der Waals surface area contributed by atoms with E-state index in [1.807, 2.05) is 0 Å². The van der Waals surface area contributed by atoms with Crippen LogP contribution in [0, 0.1) is 0 Å². The van der Waals surface area contributed by atoms with Crippen molar-refractivity contribution in [1.82, 2.24) is 9.55 Å². The topological polar surface area (TPSA) is 34.9 Å². The Kier molecular flexibility index (Phi) is 3.11. The predicted octanol–water partition coefficient (Wildman–Crippen LogP) is 1.99. The quantitative estimate of drug-likeness (QED) is 0.579. The molecule has 0 saturated heterocycles. The van der Waals surface area contributed by atoms with E-state index in [-0.39, 0.29) is 6.54 Å². The Morgan fingerprint density at radius 1 is 1.60 bits per heavy atom. The number of aromatic nitrogens is 2. The maximum Gasteiger partial charge on any atom is 0.372 e. The van der Waals surface area contributed by atoms with Crippen molar-refractivity contribution in [2.24, 2.45) is 0 Å². The second-order valence-corrected chi connectivity index (χ2v) is 2.79. The first-order chi connectivity index (χ1) is 6.91. The maximum atomic E-state index is 12.7. The lowest BCUT2D eigenvalue weighted by atomic mass is 10.2. The van der Waals surface area contributed by atoms with Gasteiger partial charge in [0.25, 0.3) is 5.78 Å². The van der Waals surface area contributed by atoms with Crippen molar-refractivity contribution in [1.29, 1.82) is 0 Å². The standard InChI is InChI=1S/C8H8F4N2O/c1-2-14-4-3-13-6(14)5(15)8(11,12)7(9)10/h3-4,7H,2H2,1H3. The highest BCUT2D eigenvalue weighted by Gasteiger charge is 2.50. The molecule has 1 aromatic heterocycles. The zero-order chi connectivity index (χ0) is 11.6. The highest BCUT2D eigenvalue weighted by Crippen LogP contribution is 2.26. The number of imidazole rings is 1. The number of nitrogens with zero attached hydrogens (tertiary/aromatic N) is 2. The number of aryl methyl sites for hydroxylation is 1. The fourth-order valence-corrected chi connectivity index (χ4v) is 1.02. The van der Waals surface area contributed by atoms with E-state index in [2.05, 4.69) is 4.98 Å². The number of ketones is 1. The van der Waals surface area contributed by atoms with Crippen LogP contribution in [0.2, 0.25) is 0 Å². The molecule has 7 heteroatoms. The molecule has 0 aromatic carbocycles. The van der Waals surface area contributed by atoms with Gasteiger partial charge in [-0.1, -0.05) is 0 Å². The molecular formula is C8H8F4N2O. The van der Waals surface area contributed by atoms with Crippen LogP contribution in [0.25, 0.3) is 0 Å². The summed E-state index contributed by atoms with van der Waals surface area (Å²) in [6.07, 6.45) is -1.64. The summed E-state index contributed by atoms with van der Waals surface area (Å²) in [5, 5.41) is 0. The van der Waals surface area contributed by atoms with Gasteiger partial charge in [-0.2, -0.15) is 8.78 Å². The predicted molar refractivity (Wildman–Crippen MR) is 43.2 cm³/mol. The highest BCUT2D eigenvalue weighted by atomic mass is 19.3. The minimum Gasteiger partial charge on any atom is -0.329 e. The van der Waals surface area contributed by atoms with Crippen molar-refractivity contribution in [3.63, 3.8) is 0 Å². The van der Waals surface area contributed by atoms with Crippen LogP contribution < -0.4 is 0 Å². The average Bonchev–Trinajstić information content (AvgIpc) is 2.63. The molecule has 1 rings (SSSR count). The van der Waals surface area contributed by atoms with E-state index in [1.165, 1.54) is 6.20 Å². The summed E-state index contributed by atoms with van der Waals surface area (Å²) in [5.74, 6) is -7.29. The van der Waals surface area contributed by atoms with Gasteiger partial charge in [-0.25, -0.2) is 13.8 Å². The minimum absolute atomic E-state index is 0.209. The van der Waals surface area contributed by atoms with E-state index in [0.717, 1.165) is 10.8 Å². The summed E-state index contributed by atoms with van der Waals surface area (Å²) < 4.78 is 50.2. The van der Waals surface area contributed by atoms with Gasteiger partial charge in [-0.15, -0.1) is 0 Å². The largest absolute Gasteiger partial charge is 0.372 e. The molecule has 0 amide bonds. The van der Waals surface area contributed by atoms with Crippen LogP contribution in [0.15, 0.2) is 12.4 Å². The van der Waals surface area contributed by atoms with Crippen molar-refractivity contribution >= 4 is 5.78 Å². The van der Waals surface area contributed by atoms with Gasteiger partial charge in [0, 0.05) is 18.9 Å². The zero-order valence-electron chi connectivity index (χ0n) is 7.75. The molecule has 15 heavy (non-hydrogen) atoms. The van der Waals surface area contributed by atoms with Crippen LogP contribution in [-0.4, -0.2) is 27.7 Å². The van der Waals surface area contributed by atoms with Crippen LogP contribution in [0.1, 0.15) is 17.5 Å². The monoisotopic (exact) mass is 224 g/mol. The van der Waals surface area contributed by atoms with Crippen LogP contribution in [0.4, 0.5) is 17.6 Å². The number of alkyl halides is 4. The Labute approximate surface area is 82.7 Å². The Bertz CT molecular complexity index is 361. The fraction of sp³-hybridized carbons (Fsp3) is 0.500. The number of halogens is 4. The molecule has 1 aromatic rings. The first kappa shape index (κ1) is 11.7. The summed E-state index contributed by atoms with van der Waals surface area (Å²) >= 11 is 0. The SMILES string of the molecule is CCn1ccnc1C(=O)C(F)(F)C(F)F. The Morgan fingerprint density at radius 3 is 2.67 bits per heavy atom. The van der Waals surface area contributed by atoms with Crippen molar-refractivity contribution in [2.45, 2.75) is 25.8 Å². The van der Waals surface area contributed by atoms with E-state index in [1.54, 1.807) is 6.92 Å². The van der Waals surface area contributed by atoms with Gasteiger partial charge >= 0.3 is 12.3 Å². The lowest BCUT2D eigenvalue weighted by Crippen LogP contribution is -2.38. The first-order valence-electron chi connectivity index (χ1n) is 4.13. The second kappa shape index (κ2) is 4.00. The number of carbonyl (C=O) groups excluding carboxylic acids is 1. The van der Waals surface area contributed by atoms with Crippen LogP contribution in [-0.2, 0) is 6.54 Å². The van der Waals surface area contributed by atoms with Crippen molar-refractivity contribution in [3.8, 4) is 0 Å². The van der Waals surface area contributed by atoms with Gasteiger partial charge < -0.3 is 4.57 Å². The summed E-state index contributed by atoms with van der Waals surface area (Å²) in [6, 6.07) is 0.